The Balaban J connectivity index is 1.83. The quantitative estimate of drug-likeness (QED) is 0.895. The van der Waals surface area contributed by atoms with E-state index in [1.165, 1.54) is 11.4 Å². The number of hydrogen-bond acceptors (Lipinski definition) is 4. The molecule has 0 radical (unpaired) electrons. The fourth-order valence-electron chi connectivity index (χ4n) is 2.90. The van der Waals surface area contributed by atoms with Gasteiger partial charge in [0.2, 0.25) is 0 Å². The number of aliphatic hydroxyl groups excluding tert-OH is 1. The Hall–Kier alpha value is -1.66. The second-order valence-electron chi connectivity index (χ2n) is 5.48. The molecule has 0 amide bonds. The first-order valence-corrected chi connectivity index (χ1v) is 7.02. The molecule has 6 nitrogen and oxygen atoms in total. The number of aromatic nitrogens is 4. The van der Waals surface area contributed by atoms with Crippen LogP contribution in [0.5, 0.6) is 0 Å². The van der Waals surface area contributed by atoms with E-state index in [0.29, 0.717) is 0 Å². The molecule has 108 valence electrons. The first kappa shape index (κ1) is 13.3. The molecule has 6 heteroatoms. The largest absolute Gasteiger partial charge is 0.395 e. The minimum atomic E-state index is 0.173. The molecule has 0 saturated heterocycles. The van der Waals surface area contributed by atoms with E-state index in [0.717, 1.165) is 31.7 Å². The summed E-state index contributed by atoms with van der Waals surface area (Å²) in [5, 5.41) is 18.4. The predicted molar refractivity (Wildman–Crippen MR) is 74.9 cm³/mol. The van der Waals surface area contributed by atoms with Gasteiger partial charge in [-0.3, -0.25) is 14.3 Å². The van der Waals surface area contributed by atoms with Crippen molar-refractivity contribution in [1.29, 1.82) is 0 Å². The van der Waals surface area contributed by atoms with E-state index in [1.54, 1.807) is 0 Å². The molecule has 0 saturated carbocycles. The van der Waals surface area contributed by atoms with Crippen LogP contribution in [0.2, 0.25) is 0 Å². The number of rotatable bonds is 3. The van der Waals surface area contributed by atoms with E-state index in [4.69, 9.17) is 0 Å². The topological polar surface area (TPSA) is 59.1 Å². The molecule has 3 heterocycles. The summed E-state index contributed by atoms with van der Waals surface area (Å²) in [7, 11) is 1.97. The van der Waals surface area contributed by atoms with Gasteiger partial charge in [-0.25, -0.2) is 0 Å². The Morgan fingerprint density at radius 2 is 2.30 bits per heavy atom. The summed E-state index contributed by atoms with van der Waals surface area (Å²) in [5.41, 5.74) is 3.41. The van der Waals surface area contributed by atoms with Gasteiger partial charge in [0.15, 0.2) is 0 Å². The Morgan fingerprint density at radius 1 is 1.45 bits per heavy atom. The lowest BCUT2D eigenvalue weighted by Gasteiger charge is -2.27. The van der Waals surface area contributed by atoms with E-state index in [2.05, 4.69) is 27.2 Å². The number of nitrogens with zero attached hydrogens (tertiary/aromatic N) is 5. The fraction of sp³-hybridized carbons (Fsp3) is 0.571. The highest BCUT2D eigenvalue weighted by Gasteiger charge is 2.24. The summed E-state index contributed by atoms with van der Waals surface area (Å²) in [4.78, 5) is 2.32. The Bertz CT molecular complexity index is 588. The monoisotopic (exact) mass is 275 g/mol. The Labute approximate surface area is 118 Å². The van der Waals surface area contributed by atoms with E-state index in [9.17, 15) is 5.11 Å². The first-order valence-electron chi connectivity index (χ1n) is 7.02. The van der Waals surface area contributed by atoms with Crippen LogP contribution in [0.3, 0.4) is 0 Å². The highest BCUT2D eigenvalue weighted by atomic mass is 16.3. The molecule has 1 unspecified atom stereocenters. The zero-order valence-electron chi connectivity index (χ0n) is 12.0. The molecule has 0 aromatic carbocycles. The first-order chi connectivity index (χ1) is 9.67. The standard InChI is InChI=1S/C14H21N5O/c1-11-7-14(17(2)16-11)9-18-8-12-3-5-15-19(12)6-4-13(18)10-20/h3,5,7,13,20H,4,6,8-10H2,1-2H3. The van der Waals surface area contributed by atoms with Crippen LogP contribution in [0, 0.1) is 6.92 Å². The van der Waals surface area contributed by atoms with Crippen molar-refractivity contribution in [2.24, 2.45) is 7.05 Å². The Morgan fingerprint density at radius 3 is 3.00 bits per heavy atom. The predicted octanol–water partition coefficient (Wildman–Crippen LogP) is 0.692. The molecule has 3 rings (SSSR count). The average Bonchev–Trinajstić information content (AvgIpc) is 2.93. The van der Waals surface area contributed by atoms with Crippen molar-refractivity contribution in [3.05, 3.63) is 35.4 Å². The number of fused-ring (bicyclic) bond motifs is 1. The molecule has 0 spiro atoms. The normalized spacial score (nSPS) is 19.9. The lowest BCUT2D eigenvalue weighted by molar-refractivity contribution is 0.105. The summed E-state index contributed by atoms with van der Waals surface area (Å²) in [6.45, 7) is 4.67. The van der Waals surface area contributed by atoms with E-state index < -0.39 is 0 Å². The summed E-state index contributed by atoms with van der Waals surface area (Å²) in [6.07, 6.45) is 2.77. The van der Waals surface area contributed by atoms with Gasteiger partial charge < -0.3 is 5.11 Å². The fourth-order valence-corrected chi connectivity index (χ4v) is 2.90. The molecular formula is C14H21N5O. The van der Waals surface area contributed by atoms with Crippen molar-refractivity contribution in [2.75, 3.05) is 6.61 Å². The van der Waals surface area contributed by atoms with Gasteiger partial charge in [-0.1, -0.05) is 0 Å². The second kappa shape index (κ2) is 5.38. The average molecular weight is 275 g/mol. The van der Waals surface area contributed by atoms with Crippen LogP contribution in [0.25, 0.3) is 0 Å². The van der Waals surface area contributed by atoms with Crippen molar-refractivity contribution >= 4 is 0 Å². The zero-order chi connectivity index (χ0) is 14.1. The summed E-state index contributed by atoms with van der Waals surface area (Å²) < 4.78 is 3.96. The molecule has 2 aromatic heterocycles. The van der Waals surface area contributed by atoms with Crippen molar-refractivity contribution in [3.63, 3.8) is 0 Å². The summed E-state index contributed by atoms with van der Waals surface area (Å²) >= 11 is 0. The van der Waals surface area contributed by atoms with Crippen molar-refractivity contribution < 1.29 is 5.11 Å². The summed E-state index contributed by atoms with van der Waals surface area (Å²) in [5.74, 6) is 0. The van der Waals surface area contributed by atoms with Gasteiger partial charge in [-0.05, 0) is 25.5 Å². The van der Waals surface area contributed by atoms with E-state index in [-0.39, 0.29) is 12.6 Å². The van der Waals surface area contributed by atoms with Crippen LogP contribution in [0.15, 0.2) is 18.3 Å². The van der Waals surface area contributed by atoms with Gasteiger partial charge >= 0.3 is 0 Å². The maximum atomic E-state index is 9.66. The highest BCUT2D eigenvalue weighted by molar-refractivity contribution is 5.10. The molecule has 1 aliphatic heterocycles. The highest BCUT2D eigenvalue weighted by Crippen LogP contribution is 2.19. The van der Waals surface area contributed by atoms with Crippen LogP contribution in [0.4, 0.5) is 0 Å². The van der Waals surface area contributed by atoms with Gasteiger partial charge in [-0.15, -0.1) is 0 Å². The van der Waals surface area contributed by atoms with Gasteiger partial charge in [0.1, 0.15) is 0 Å². The van der Waals surface area contributed by atoms with Gasteiger partial charge in [0, 0.05) is 38.9 Å². The SMILES string of the molecule is Cc1cc(CN2Cc3ccnn3CCC2CO)n(C)n1. The third kappa shape index (κ3) is 2.48. The smallest absolute Gasteiger partial charge is 0.0597 e. The zero-order valence-corrected chi connectivity index (χ0v) is 12.0. The molecular weight excluding hydrogens is 254 g/mol. The molecule has 0 aliphatic carbocycles. The van der Waals surface area contributed by atoms with E-state index in [1.807, 2.05) is 29.5 Å². The Kier molecular flexibility index (Phi) is 3.58. The van der Waals surface area contributed by atoms with Gasteiger partial charge in [0.05, 0.1) is 23.7 Å². The molecule has 0 fully saturated rings. The van der Waals surface area contributed by atoms with Crippen LogP contribution in [0.1, 0.15) is 23.5 Å². The number of aryl methyl sites for hydroxylation is 3. The van der Waals surface area contributed by atoms with Crippen LogP contribution in [-0.2, 0) is 26.7 Å². The summed E-state index contributed by atoms with van der Waals surface area (Å²) in [6, 6.07) is 4.34. The maximum Gasteiger partial charge on any atom is 0.0597 e. The second-order valence-corrected chi connectivity index (χ2v) is 5.48. The van der Waals surface area contributed by atoms with Crippen molar-refractivity contribution in [1.82, 2.24) is 24.5 Å². The van der Waals surface area contributed by atoms with Crippen LogP contribution < -0.4 is 0 Å². The molecule has 2 aromatic rings. The molecule has 1 aliphatic rings. The number of aliphatic hydroxyl groups is 1. The van der Waals surface area contributed by atoms with Gasteiger partial charge in [0.25, 0.3) is 0 Å². The van der Waals surface area contributed by atoms with Gasteiger partial charge in [-0.2, -0.15) is 10.2 Å². The van der Waals surface area contributed by atoms with Crippen molar-refractivity contribution in [3.8, 4) is 0 Å². The molecule has 0 bridgehead atoms. The van der Waals surface area contributed by atoms with Crippen molar-refractivity contribution in [2.45, 2.75) is 39.0 Å². The lowest BCUT2D eigenvalue weighted by atomic mass is 10.2. The minimum absolute atomic E-state index is 0.173. The lowest BCUT2D eigenvalue weighted by Crippen LogP contribution is -2.36. The molecule has 1 N–H and O–H groups in total. The molecule has 20 heavy (non-hydrogen) atoms. The molecule has 1 atom stereocenters. The maximum absolute atomic E-state index is 9.66. The van der Waals surface area contributed by atoms with E-state index >= 15 is 0 Å². The van der Waals surface area contributed by atoms with Crippen LogP contribution in [-0.4, -0.2) is 42.2 Å². The number of hydrogen-bond donors (Lipinski definition) is 1. The minimum Gasteiger partial charge on any atom is -0.395 e. The third-order valence-corrected chi connectivity index (χ3v) is 4.03. The van der Waals surface area contributed by atoms with Crippen LogP contribution >= 0.6 is 0 Å². The third-order valence-electron chi connectivity index (χ3n) is 4.03.